The SMILES string of the molecule is CCOCc1cc(C(=O)OC)ccc1-c1cc(OC)ccc1F.CCOCc1cc(CO)ccc1-c1cc(OC)ccc1F. The number of aliphatic hydroxyl groups is 1. The van der Waals surface area contributed by atoms with Crippen LogP contribution >= 0.6 is 0 Å². The Balaban J connectivity index is 0.000000241. The van der Waals surface area contributed by atoms with Crippen LogP contribution < -0.4 is 9.47 Å². The minimum absolute atomic E-state index is 0.0556. The molecule has 0 aromatic heterocycles. The fraction of sp³-hybridized carbons (Fsp3) is 0.286. The van der Waals surface area contributed by atoms with Gasteiger partial charge in [-0.05, 0) is 90.2 Å². The number of hydrogen-bond donors (Lipinski definition) is 1. The molecule has 0 radical (unpaired) electrons. The zero-order chi connectivity index (χ0) is 32.1. The Morgan fingerprint density at radius 2 is 1.16 bits per heavy atom. The van der Waals surface area contributed by atoms with Crippen molar-refractivity contribution in [1.29, 1.82) is 0 Å². The Hall–Kier alpha value is -4.31. The Labute approximate surface area is 256 Å². The number of esters is 1. The molecule has 7 nitrogen and oxygen atoms in total. The van der Waals surface area contributed by atoms with E-state index in [2.05, 4.69) is 0 Å². The second kappa shape index (κ2) is 17.1. The first kappa shape index (κ1) is 34.2. The maximum absolute atomic E-state index is 14.2. The zero-order valence-electron chi connectivity index (χ0n) is 25.6. The van der Waals surface area contributed by atoms with Crippen LogP contribution in [-0.4, -0.2) is 45.6 Å². The molecule has 1 N–H and O–H groups in total. The van der Waals surface area contributed by atoms with E-state index in [0.717, 1.165) is 16.7 Å². The van der Waals surface area contributed by atoms with Gasteiger partial charge in [-0.15, -0.1) is 0 Å². The Morgan fingerprint density at radius 1 is 0.659 bits per heavy atom. The van der Waals surface area contributed by atoms with Crippen molar-refractivity contribution < 1.29 is 42.4 Å². The molecule has 0 aliphatic carbocycles. The summed E-state index contributed by atoms with van der Waals surface area (Å²) in [6.07, 6.45) is 0. The van der Waals surface area contributed by atoms with Gasteiger partial charge in [-0.3, -0.25) is 0 Å². The molecule has 0 heterocycles. The highest BCUT2D eigenvalue weighted by Crippen LogP contribution is 2.32. The van der Waals surface area contributed by atoms with Crippen LogP contribution in [0.5, 0.6) is 11.5 Å². The smallest absolute Gasteiger partial charge is 0.337 e. The summed E-state index contributed by atoms with van der Waals surface area (Å²) >= 11 is 0. The number of ether oxygens (including phenoxy) is 5. The van der Waals surface area contributed by atoms with Gasteiger partial charge >= 0.3 is 5.97 Å². The molecule has 0 atom stereocenters. The first-order valence-electron chi connectivity index (χ1n) is 14.1. The summed E-state index contributed by atoms with van der Waals surface area (Å²) in [4.78, 5) is 11.7. The van der Waals surface area contributed by atoms with Crippen LogP contribution in [-0.2, 0) is 34.0 Å². The molecule has 0 aliphatic rings. The van der Waals surface area contributed by atoms with E-state index in [0.29, 0.717) is 59.1 Å². The molecule has 234 valence electrons. The van der Waals surface area contributed by atoms with Crippen LogP contribution in [0.1, 0.15) is 40.9 Å². The fourth-order valence-corrected chi connectivity index (χ4v) is 4.45. The minimum Gasteiger partial charge on any atom is -0.497 e. The maximum atomic E-state index is 14.2. The van der Waals surface area contributed by atoms with Crippen LogP contribution in [0.25, 0.3) is 22.3 Å². The normalized spacial score (nSPS) is 10.5. The largest absolute Gasteiger partial charge is 0.497 e. The Bertz CT molecular complexity index is 1540. The van der Waals surface area contributed by atoms with E-state index in [9.17, 15) is 18.7 Å². The van der Waals surface area contributed by atoms with Gasteiger partial charge in [0.2, 0.25) is 0 Å². The Morgan fingerprint density at radius 3 is 1.61 bits per heavy atom. The van der Waals surface area contributed by atoms with E-state index in [-0.39, 0.29) is 24.8 Å². The quantitative estimate of drug-likeness (QED) is 0.168. The third-order valence-corrected chi connectivity index (χ3v) is 6.73. The van der Waals surface area contributed by atoms with Crippen LogP contribution in [0.4, 0.5) is 8.78 Å². The van der Waals surface area contributed by atoms with Crippen molar-refractivity contribution >= 4 is 5.97 Å². The molecule has 9 heteroatoms. The summed E-state index contributed by atoms with van der Waals surface area (Å²) in [5.41, 5.74) is 4.99. The average molecular weight is 609 g/mol. The van der Waals surface area contributed by atoms with E-state index < -0.39 is 5.97 Å². The predicted octanol–water partition coefficient (Wildman–Crippen LogP) is 7.35. The lowest BCUT2D eigenvalue weighted by atomic mass is 9.97. The minimum atomic E-state index is -0.444. The van der Waals surface area contributed by atoms with Gasteiger partial charge in [0.15, 0.2) is 0 Å². The molecule has 0 unspecified atom stereocenters. The number of halogens is 2. The molecule has 4 aromatic rings. The molecule has 0 bridgehead atoms. The number of methoxy groups -OCH3 is 3. The molecule has 0 spiro atoms. The van der Waals surface area contributed by atoms with E-state index in [1.54, 1.807) is 61.7 Å². The van der Waals surface area contributed by atoms with E-state index in [1.165, 1.54) is 26.4 Å². The number of aliphatic hydroxyl groups excluding tert-OH is 1. The number of carbonyl (C=O) groups is 1. The van der Waals surface area contributed by atoms with Crippen LogP contribution in [0.2, 0.25) is 0 Å². The monoisotopic (exact) mass is 608 g/mol. The van der Waals surface area contributed by atoms with Crippen LogP contribution in [0.15, 0.2) is 72.8 Å². The van der Waals surface area contributed by atoms with Gasteiger partial charge < -0.3 is 28.8 Å². The van der Waals surface area contributed by atoms with Crippen molar-refractivity contribution in [2.45, 2.75) is 33.7 Å². The van der Waals surface area contributed by atoms with Crippen molar-refractivity contribution in [2.75, 3.05) is 34.5 Å². The van der Waals surface area contributed by atoms with Crippen molar-refractivity contribution in [3.8, 4) is 33.8 Å². The molecule has 0 saturated heterocycles. The van der Waals surface area contributed by atoms with E-state index in [4.69, 9.17) is 23.7 Å². The zero-order valence-corrected chi connectivity index (χ0v) is 25.6. The fourth-order valence-electron chi connectivity index (χ4n) is 4.45. The summed E-state index contributed by atoms with van der Waals surface area (Å²) in [6, 6.07) is 19.6. The molecular weight excluding hydrogens is 570 g/mol. The van der Waals surface area contributed by atoms with Gasteiger partial charge in [-0.2, -0.15) is 0 Å². The molecule has 4 aromatic carbocycles. The standard InChI is InChI=1S/C18H19FO4.C17H19FO3/c1-4-23-11-13-9-12(18(20)22-3)5-7-15(13)16-10-14(21-2)6-8-17(16)19;1-3-21-11-13-8-12(10-19)4-6-15(13)16-9-14(20-2)5-7-17(16)18/h5-10H,4,11H2,1-3H3;4-9,19H,3,10-11H2,1-2H3. The number of rotatable bonds is 12. The first-order valence-corrected chi connectivity index (χ1v) is 14.1. The highest BCUT2D eigenvalue weighted by Gasteiger charge is 2.15. The van der Waals surface area contributed by atoms with Crippen LogP contribution in [0.3, 0.4) is 0 Å². The molecule has 0 aliphatic heterocycles. The van der Waals surface area contributed by atoms with Gasteiger partial charge in [-0.25, -0.2) is 13.6 Å². The highest BCUT2D eigenvalue weighted by atomic mass is 19.1. The van der Waals surface area contributed by atoms with Gasteiger partial charge in [0, 0.05) is 24.3 Å². The first-order chi connectivity index (χ1) is 21.3. The van der Waals surface area contributed by atoms with E-state index >= 15 is 0 Å². The van der Waals surface area contributed by atoms with Gasteiger partial charge in [0.25, 0.3) is 0 Å². The second-order valence-electron chi connectivity index (χ2n) is 9.48. The third-order valence-electron chi connectivity index (χ3n) is 6.73. The summed E-state index contributed by atoms with van der Waals surface area (Å²) in [7, 11) is 4.39. The van der Waals surface area contributed by atoms with E-state index in [1.807, 2.05) is 19.9 Å². The maximum Gasteiger partial charge on any atom is 0.337 e. The average Bonchev–Trinajstić information content (AvgIpc) is 3.06. The topological polar surface area (TPSA) is 83.5 Å². The summed E-state index contributed by atoms with van der Waals surface area (Å²) in [5.74, 6) is 0.0286. The number of hydrogen-bond acceptors (Lipinski definition) is 7. The number of benzene rings is 4. The molecule has 0 saturated carbocycles. The van der Waals surface area contributed by atoms with Crippen molar-refractivity contribution in [1.82, 2.24) is 0 Å². The summed E-state index contributed by atoms with van der Waals surface area (Å²) in [5, 5.41) is 9.25. The van der Waals surface area contributed by atoms with Crippen molar-refractivity contribution in [3.63, 3.8) is 0 Å². The molecule has 4 rings (SSSR count). The number of carbonyl (C=O) groups excluding carboxylic acids is 1. The molecule has 0 amide bonds. The summed E-state index contributed by atoms with van der Waals surface area (Å²) < 4.78 is 54.3. The second-order valence-corrected chi connectivity index (χ2v) is 9.48. The Kier molecular flexibility index (Phi) is 13.3. The molecular formula is C35H38F2O7. The van der Waals surface area contributed by atoms with Gasteiger partial charge in [0.1, 0.15) is 23.1 Å². The molecule has 44 heavy (non-hydrogen) atoms. The summed E-state index contributed by atoms with van der Waals surface area (Å²) in [6.45, 7) is 5.45. The van der Waals surface area contributed by atoms with Crippen LogP contribution in [0, 0.1) is 11.6 Å². The van der Waals surface area contributed by atoms with Crippen molar-refractivity contribution in [2.24, 2.45) is 0 Å². The predicted molar refractivity (Wildman–Crippen MR) is 165 cm³/mol. The van der Waals surface area contributed by atoms with Gasteiger partial charge in [0.05, 0.1) is 46.7 Å². The van der Waals surface area contributed by atoms with Gasteiger partial charge in [-0.1, -0.05) is 24.3 Å². The lowest BCUT2D eigenvalue weighted by molar-refractivity contribution is 0.0600. The molecule has 0 fully saturated rings. The lowest BCUT2D eigenvalue weighted by Gasteiger charge is -2.13. The lowest BCUT2D eigenvalue weighted by Crippen LogP contribution is -2.04. The highest BCUT2D eigenvalue weighted by molar-refractivity contribution is 5.90. The van der Waals surface area contributed by atoms with Crippen molar-refractivity contribution in [3.05, 3.63) is 107 Å². The third kappa shape index (κ3) is 8.86.